The molecule has 0 radical (unpaired) electrons. The first kappa shape index (κ1) is 20.6. The van der Waals surface area contributed by atoms with Crippen molar-refractivity contribution in [2.24, 2.45) is 0 Å². The van der Waals surface area contributed by atoms with E-state index in [-0.39, 0.29) is 12.5 Å². The highest BCUT2D eigenvalue weighted by Crippen LogP contribution is 2.29. The Bertz CT molecular complexity index is 790. The number of carbonyl (C=O) groups excluding carboxylic acids is 1. The number of ether oxygens (including phenoxy) is 1. The maximum absolute atomic E-state index is 12.2. The van der Waals surface area contributed by atoms with Crippen LogP contribution >= 0.6 is 0 Å². The monoisotopic (exact) mass is 372 g/mol. The molecule has 1 aliphatic carbocycles. The van der Waals surface area contributed by atoms with Gasteiger partial charge < -0.3 is 15.0 Å². The van der Waals surface area contributed by atoms with E-state index in [0.717, 1.165) is 21.6 Å². The number of anilines is 1. The van der Waals surface area contributed by atoms with Crippen LogP contribution in [0.5, 0.6) is 0 Å². The number of hydrogen-bond donors (Lipinski definition) is 2. The minimum atomic E-state index is -0.0682. The number of likely N-dealkylation sites (N-methyl/N-ethyl adjacent to an activating group) is 1. The van der Waals surface area contributed by atoms with Gasteiger partial charge in [0.05, 0.1) is 6.42 Å². The lowest BCUT2D eigenvalue weighted by molar-refractivity contribution is -0.713. The number of rotatable bonds is 7. The fraction of sp³-hybridized carbons (Fsp3) is 0.429. The van der Waals surface area contributed by atoms with E-state index < -0.39 is 0 Å². The zero-order chi connectivity index (χ0) is 20.0. The lowest BCUT2D eigenvalue weighted by atomic mass is 10.1. The van der Waals surface area contributed by atoms with E-state index in [9.17, 15) is 10.0 Å². The number of aryl methyl sites for hydroxylation is 2. The normalized spacial score (nSPS) is 15.2. The molecule has 2 rings (SSSR count). The van der Waals surface area contributed by atoms with Crippen molar-refractivity contribution in [3.63, 3.8) is 0 Å². The lowest BCUT2D eigenvalue weighted by Gasteiger charge is -2.19. The summed E-state index contributed by atoms with van der Waals surface area (Å²) in [5.41, 5.74) is 4.29. The van der Waals surface area contributed by atoms with Crippen LogP contribution < -0.4 is 5.32 Å². The van der Waals surface area contributed by atoms with Gasteiger partial charge in [-0.15, -0.1) is 0 Å². The second-order valence-electron chi connectivity index (χ2n) is 6.48. The standard InChI is InChI=1S/C21H30N3O3/c1-6-23(7-2)21(25)14-27-20-11-9-8-10-18(20)24(26)19-13-16(4)15(3)12-17(19)22-5/h8-9,11-13,22,26H,6-7,10,14H2,1-5H3/q+1/b24-18-. The molecule has 0 fully saturated rings. The summed E-state index contributed by atoms with van der Waals surface area (Å²) in [6, 6.07) is 3.94. The van der Waals surface area contributed by atoms with E-state index in [2.05, 4.69) is 5.32 Å². The topological polar surface area (TPSA) is 64.8 Å². The smallest absolute Gasteiger partial charge is 0.280 e. The van der Waals surface area contributed by atoms with Crippen molar-refractivity contribution in [3.8, 4) is 0 Å². The molecule has 2 N–H and O–H groups in total. The van der Waals surface area contributed by atoms with Crippen LogP contribution in [0.3, 0.4) is 0 Å². The van der Waals surface area contributed by atoms with E-state index in [1.54, 1.807) is 11.0 Å². The SMILES string of the molecule is CCN(CC)C(=O)COC1=CC=CC/C1=[N+](/O)c1cc(C)c(C)cc1NC. The van der Waals surface area contributed by atoms with Crippen LogP contribution in [0.2, 0.25) is 0 Å². The molecular weight excluding hydrogens is 342 g/mol. The molecular formula is C21H30N3O3+. The zero-order valence-electron chi connectivity index (χ0n) is 16.9. The van der Waals surface area contributed by atoms with Gasteiger partial charge in [-0.05, 0) is 51.0 Å². The average Bonchev–Trinajstić information content (AvgIpc) is 2.68. The Hall–Kier alpha value is -2.76. The molecule has 0 bridgehead atoms. The molecule has 27 heavy (non-hydrogen) atoms. The third-order valence-corrected chi connectivity index (χ3v) is 4.81. The molecule has 0 spiro atoms. The fourth-order valence-electron chi connectivity index (χ4n) is 2.98. The van der Waals surface area contributed by atoms with Crippen molar-refractivity contribution in [1.29, 1.82) is 0 Å². The first-order valence-electron chi connectivity index (χ1n) is 9.34. The first-order valence-corrected chi connectivity index (χ1v) is 9.34. The van der Waals surface area contributed by atoms with Crippen LogP contribution in [0, 0.1) is 13.8 Å². The third kappa shape index (κ3) is 4.70. The second kappa shape index (κ2) is 9.26. The molecule has 1 aromatic rings. The van der Waals surface area contributed by atoms with Gasteiger partial charge in [0.15, 0.2) is 12.4 Å². The largest absolute Gasteiger partial charge is 0.477 e. The molecule has 1 amide bonds. The maximum Gasteiger partial charge on any atom is 0.280 e. The molecule has 0 aliphatic heterocycles. The molecule has 0 unspecified atom stereocenters. The van der Waals surface area contributed by atoms with Crippen molar-refractivity contribution in [2.75, 3.05) is 32.1 Å². The number of carbonyl (C=O) groups is 1. The number of hydrogen-bond acceptors (Lipinski definition) is 4. The Kier molecular flexibility index (Phi) is 7.05. The predicted molar refractivity (Wildman–Crippen MR) is 108 cm³/mol. The zero-order valence-corrected chi connectivity index (χ0v) is 16.9. The summed E-state index contributed by atoms with van der Waals surface area (Å²) in [5, 5.41) is 14.0. The summed E-state index contributed by atoms with van der Waals surface area (Å²) in [6.45, 7) is 9.17. The van der Waals surface area contributed by atoms with Crippen molar-refractivity contribution >= 4 is 23.0 Å². The van der Waals surface area contributed by atoms with Crippen LogP contribution in [0.15, 0.2) is 36.1 Å². The van der Waals surface area contributed by atoms with E-state index in [1.165, 1.54) is 0 Å². The summed E-state index contributed by atoms with van der Waals surface area (Å²) in [7, 11) is 1.82. The molecule has 0 atom stereocenters. The van der Waals surface area contributed by atoms with Gasteiger partial charge >= 0.3 is 0 Å². The van der Waals surface area contributed by atoms with Crippen molar-refractivity contribution in [3.05, 3.63) is 47.2 Å². The Morgan fingerprint density at radius 1 is 1.26 bits per heavy atom. The van der Waals surface area contributed by atoms with Crippen molar-refractivity contribution < 1.29 is 19.5 Å². The van der Waals surface area contributed by atoms with E-state index in [1.807, 2.05) is 59.0 Å². The highest BCUT2D eigenvalue weighted by molar-refractivity contribution is 5.98. The molecule has 6 heteroatoms. The Balaban J connectivity index is 2.32. The number of nitrogens with zero attached hydrogens (tertiary/aromatic N) is 2. The van der Waals surface area contributed by atoms with Gasteiger partial charge in [0, 0.05) is 30.9 Å². The highest BCUT2D eigenvalue weighted by atomic mass is 16.5. The number of amides is 1. The van der Waals surface area contributed by atoms with E-state index in [0.29, 0.717) is 36.7 Å². The molecule has 146 valence electrons. The Labute approximate surface area is 161 Å². The van der Waals surface area contributed by atoms with Crippen molar-refractivity contribution in [2.45, 2.75) is 34.1 Å². The minimum Gasteiger partial charge on any atom is -0.477 e. The average molecular weight is 372 g/mol. The van der Waals surface area contributed by atoms with E-state index in [4.69, 9.17) is 4.74 Å². The predicted octanol–water partition coefficient (Wildman–Crippen LogP) is 3.55. The molecule has 6 nitrogen and oxygen atoms in total. The van der Waals surface area contributed by atoms with Gasteiger partial charge in [0.1, 0.15) is 5.69 Å². The molecule has 0 saturated heterocycles. The van der Waals surface area contributed by atoms with Gasteiger partial charge in [-0.25, -0.2) is 0 Å². The number of benzene rings is 1. The van der Waals surface area contributed by atoms with Crippen LogP contribution in [-0.2, 0) is 9.53 Å². The van der Waals surface area contributed by atoms with Crippen LogP contribution in [0.1, 0.15) is 31.4 Å². The summed E-state index contributed by atoms with van der Waals surface area (Å²) >= 11 is 0. The highest BCUT2D eigenvalue weighted by Gasteiger charge is 2.27. The first-order chi connectivity index (χ1) is 12.9. The van der Waals surface area contributed by atoms with Crippen LogP contribution in [0.4, 0.5) is 11.4 Å². The number of allylic oxidation sites excluding steroid dienone is 4. The minimum absolute atomic E-state index is 0.0511. The Morgan fingerprint density at radius 2 is 1.93 bits per heavy atom. The molecule has 0 heterocycles. The second-order valence-corrected chi connectivity index (χ2v) is 6.48. The Morgan fingerprint density at radius 3 is 2.56 bits per heavy atom. The third-order valence-electron chi connectivity index (χ3n) is 4.81. The van der Waals surface area contributed by atoms with Crippen molar-refractivity contribution in [1.82, 2.24) is 4.90 Å². The molecule has 0 saturated carbocycles. The maximum atomic E-state index is 12.2. The van der Waals surface area contributed by atoms with Gasteiger partial charge in [0.2, 0.25) is 0 Å². The molecule has 1 aromatic carbocycles. The fourth-order valence-corrected chi connectivity index (χ4v) is 2.98. The summed E-state index contributed by atoms with van der Waals surface area (Å²) in [4.78, 5) is 14.0. The summed E-state index contributed by atoms with van der Waals surface area (Å²) in [6.07, 6.45) is 6.10. The van der Waals surface area contributed by atoms with Gasteiger partial charge in [-0.2, -0.15) is 0 Å². The van der Waals surface area contributed by atoms with Crippen LogP contribution in [0.25, 0.3) is 0 Å². The quantitative estimate of drug-likeness (QED) is 0.436. The summed E-state index contributed by atoms with van der Waals surface area (Å²) < 4.78 is 6.92. The molecule has 0 aromatic heterocycles. The summed E-state index contributed by atoms with van der Waals surface area (Å²) in [5.74, 6) is 0.433. The van der Waals surface area contributed by atoms with Gasteiger partial charge in [-0.3, -0.25) is 10.0 Å². The number of nitrogens with one attached hydrogen (secondary N) is 1. The van der Waals surface area contributed by atoms with Crippen LogP contribution in [-0.4, -0.2) is 53.2 Å². The molecule has 1 aliphatic rings. The van der Waals surface area contributed by atoms with Gasteiger partial charge in [0.25, 0.3) is 17.3 Å². The van der Waals surface area contributed by atoms with Gasteiger partial charge in [-0.1, -0.05) is 12.2 Å². The van der Waals surface area contributed by atoms with E-state index >= 15 is 0 Å². The lowest BCUT2D eigenvalue weighted by Crippen LogP contribution is -2.34.